The Kier molecular flexibility index (Phi) is 58.0. The van der Waals surface area contributed by atoms with Crippen LogP contribution in [0.2, 0.25) is 0 Å². The molecule has 0 aromatic carbocycles. The van der Waals surface area contributed by atoms with Crippen LogP contribution in [0.25, 0.3) is 0 Å². The fraction of sp³-hybridized carbons (Fsp3) is 0.937. The number of aliphatic hydroxyl groups excluding tert-OH is 2. The Balaban J connectivity index is 3.36. The van der Waals surface area contributed by atoms with Crippen molar-refractivity contribution < 1.29 is 24.5 Å². The summed E-state index contributed by atoms with van der Waals surface area (Å²) in [6, 6.07) is -0.541. The van der Waals surface area contributed by atoms with Gasteiger partial charge in [0.2, 0.25) is 5.91 Å². The van der Waals surface area contributed by atoms with Crippen LogP contribution in [0.4, 0.5) is 0 Å². The number of aliphatic hydroxyl groups is 2. The van der Waals surface area contributed by atoms with Gasteiger partial charge in [0.1, 0.15) is 0 Å². The molecular formula is C63H123NO5. The van der Waals surface area contributed by atoms with Gasteiger partial charge in [-0.3, -0.25) is 9.59 Å². The summed E-state index contributed by atoms with van der Waals surface area (Å²) in [5.41, 5.74) is 0. The first kappa shape index (κ1) is 67.6. The Morgan fingerprint density at radius 3 is 1.03 bits per heavy atom. The van der Waals surface area contributed by atoms with Gasteiger partial charge in [-0.05, 0) is 51.4 Å². The number of ether oxygens (including phenoxy) is 1. The van der Waals surface area contributed by atoms with Gasteiger partial charge in [0.25, 0.3) is 0 Å². The van der Waals surface area contributed by atoms with Crippen LogP contribution in [-0.2, 0) is 14.3 Å². The van der Waals surface area contributed by atoms with Crippen LogP contribution < -0.4 is 5.32 Å². The van der Waals surface area contributed by atoms with Crippen LogP contribution in [-0.4, -0.2) is 47.4 Å². The second-order valence-corrected chi connectivity index (χ2v) is 21.7. The van der Waals surface area contributed by atoms with E-state index in [4.69, 9.17) is 4.74 Å². The largest absolute Gasteiger partial charge is 0.466 e. The molecule has 0 rings (SSSR count). The molecular weight excluding hydrogens is 851 g/mol. The second kappa shape index (κ2) is 59.2. The number of hydrogen-bond donors (Lipinski definition) is 3. The lowest BCUT2D eigenvalue weighted by Gasteiger charge is -2.22. The van der Waals surface area contributed by atoms with Crippen LogP contribution in [0.15, 0.2) is 12.2 Å². The molecule has 410 valence electrons. The highest BCUT2D eigenvalue weighted by Gasteiger charge is 2.20. The minimum absolute atomic E-state index is 0.00946. The fourth-order valence-corrected chi connectivity index (χ4v) is 9.99. The number of nitrogens with one attached hydrogen (secondary N) is 1. The number of amides is 1. The first-order valence-corrected chi connectivity index (χ1v) is 31.4. The van der Waals surface area contributed by atoms with E-state index in [1.54, 1.807) is 0 Å². The summed E-state index contributed by atoms with van der Waals surface area (Å²) in [6.07, 6.45) is 70.8. The summed E-state index contributed by atoms with van der Waals surface area (Å²) >= 11 is 0. The predicted molar refractivity (Wildman–Crippen MR) is 301 cm³/mol. The topological polar surface area (TPSA) is 95.9 Å². The third kappa shape index (κ3) is 55.8. The van der Waals surface area contributed by atoms with Crippen LogP contribution >= 0.6 is 0 Å². The first-order chi connectivity index (χ1) is 34.0. The van der Waals surface area contributed by atoms with Crippen molar-refractivity contribution in [2.45, 2.75) is 366 Å². The standard InChI is InChI=1S/C63H123NO5/c1-3-5-7-9-11-13-15-17-19-25-29-33-37-41-45-49-53-57-63(68)69-58-54-50-46-42-38-34-30-27-24-22-20-21-23-26-28-32-36-40-44-48-52-56-62(67)64-60(59-65)61(66)55-51-47-43-39-35-31-18-16-14-12-10-8-6-4-2/h17,19,60-61,65-66H,3-16,18,20-59H2,1-2H3,(H,64,67)/b19-17-. The summed E-state index contributed by atoms with van der Waals surface area (Å²) in [5.74, 6) is -0.0243. The molecule has 3 N–H and O–H groups in total. The van der Waals surface area contributed by atoms with Crippen molar-refractivity contribution in [3.05, 3.63) is 12.2 Å². The van der Waals surface area contributed by atoms with E-state index in [-0.39, 0.29) is 18.5 Å². The van der Waals surface area contributed by atoms with Gasteiger partial charge in [-0.25, -0.2) is 0 Å². The molecule has 0 aliphatic heterocycles. The maximum Gasteiger partial charge on any atom is 0.305 e. The number of allylic oxidation sites excluding steroid dienone is 2. The number of unbranched alkanes of at least 4 members (excludes halogenated alkanes) is 46. The highest BCUT2D eigenvalue weighted by Crippen LogP contribution is 2.18. The molecule has 0 aliphatic rings. The van der Waals surface area contributed by atoms with Gasteiger partial charge in [0.05, 0.1) is 25.4 Å². The quantitative estimate of drug-likeness (QED) is 0.0321. The van der Waals surface area contributed by atoms with Crippen LogP contribution in [0.1, 0.15) is 354 Å². The number of carbonyl (C=O) groups excluding carboxylic acids is 2. The van der Waals surface area contributed by atoms with E-state index in [2.05, 4.69) is 31.3 Å². The number of rotatable bonds is 59. The number of carbonyl (C=O) groups is 2. The summed E-state index contributed by atoms with van der Waals surface area (Å²) in [4.78, 5) is 24.6. The molecule has 0 saturated heterocycles. The number of esters is 1. The Morgan fingerprint density at radius 2 is 0.681 bits per heavy atom. The zero-order chi connectivity index (χ0) is 50.0. The molecule has 0 bridgehead atoms. The molecule has 1 amide bonds. The predicted octanol–water partition coefficient (Wildman–Crippen LogP) is 19.6. The molecule has 0 aromatic heterocycles. The first-order valence-electron chi connectivity index (χ1n) is 31.4. The lowest BCUT2D eigenvalue weighted by atomic mass is 10.0. The van der Waals surface area contributed by atoms with Crippen molar-refractivity contribution >= 4 is 11.9 Å². The van der Waals surface area contributed by atoms with E-state index >= 15 is 0 Å². The Morgan fingerprint density at radius 1 is 0.391 bits per heavy atom. The van der Waals surface area contributed by atoms with Gasteiger partial charge in [-0.2, -0.15) is 0 Å². The summed E-state index contributed by atoms with van der Waals surface area (Å²) in [5, 5.41) is 23.3. The van der Waals surface area contributed by atoms with Crippen molar-refractivity contribution in [2.75, 3.05) is 13.2 Å². The highest BCUT2D eigenvalue weighted by molar-refractivity contribution is 5.76. The van der Waals surface area contributed by atoms with E-state index in [9.17, 15) is 19.8 Å². The number of hydrogen-bond acceptors (Lipinski definition) is 5. The molecule has 0 fully saturated rings. The van der Waals surface area contributed by atoms with E-state index < -0.39 is 12.1 Å². The van der Waals surface area contributed by atoms with Gasteiger partial charge in [-0.1, -0.05) is 302 Å². The smallest absolute Gasteiger partial charge is 0.305 e. The molecule has 2 atom stereocenters. The van der Waals surface area contributed by atoms with Crippen LogP contribution in [0, 0.1) is 0 Å². The van der Waals surface area contributed by atoms with E-state index in [1.165, 1.54) is 276 Å². The molecule has 0 aromatic rings. The van der Waals surface area contributed by atoms with Crippen LogP contribution in [0.5, 0.6) is 0 Å². The van der Waals surface area contributed by atoms with Crippen molar-refractivity contribution in [3.63, 3.8) is 0 Å². The molecule has 0 heterocycles. The highest BCUT2D eigenvalue weighted by atomic mass is 16.5. The van der Waals surface area contributed by atoms with Gasteiger partial charge in [0, 0.05) is 12.8 Å². The van der Waals surface area contributed by atoms with E-state index in [1.807, 2.05) is 0 Å². The zero-order valence-electron chi connectivity index (χ0n) is 46.8. The molecule has 6 nitrogen and oxygen atoms in total. The lowest BCUT2D eigenvalue weighted by Crippen LogP contribution is -2.45. The molecule has 69 heavy (non-hydrogen) atoms. The Bertz CT molecular complexity index is 1030. The van der Waals surface area contributed by atoms with Crippen molar-refractivity contribution in [1.82, 2.24) is 5.32 Å². The minimum Gasteiger partial charge on any atom is -0.466 e. The molecule has 0 spiro atoms. The SMILES string of the molecule is CCCCCCCC/C=C\CCCCCCCCCC(=O)OCCCCCCCCCCCCCCCCCCCCCCCC(=O)NC(CO)C(O)CCCCCCCCCCCCCCCC. The third-order valence-electron chi connectivity index (χ3n) is 14.8. The Hall–Kier alpha value is -1.40. The van der Waals surface area contributed by atoms with Crippen molar-refractivity contribution in [2.24, 2.45) is 0 Å². The minimum atomic E-state index is -0.664. The molecule has 2 unspecified atom stereocenters. The lowest BCUT2D eigenvalue weighted by molar-refractivity contribution is -0.143. The van der Waals surface area contributed by atoms with Gasteiger partial charge in [0.15, 0.2) is 0 Å². The maximum atomic E-state index is 12.5. The van der Waals surface area contributed by atoms with Crippen LogP contribution in [0.3, 0.4) is 0 Å². The normalized spacial score (nSPS) is 12.6. The van der Waals surface area contributed by atoms with Gasteiger partial charge in [-0.15, -0.1) is 0 Å². The maximum absolute atomic E-state index is 12.5. The summed E-state index contributed by atoms with van der Waals surface area (Å²) in [7, 11) is 0. The monoisotopic (exact) mass is 974 g/mol. The fourth-order valence-electron chi connectivity index (χ4n) is 9.99. The van der Waals surface area contributed by atoms with E-state index in [0.717, 1.165) is 44.9 Å². The van der Waals surface area contributed by atoms with Gasteiger partial charge < -0.3 is 20.3 Å². The average molecular weight is 975 g/mol. The average Bonchev–Trinajstić information content (AvgIpc) is 3.35. The molecule has 6 heteroatoms. The van der Waals surface area contributed by atoms with Crippen molar-refractivity contribution in [1.29, 1.82) is 0 Å². The third-order valence-corrected chi connectivity index (χ3v) is 14.8. The zero-order valence-corrected chi connectivity index (χ0v) is 46.8. The molecule has 0 aliphatic carbocycles. The molecule has 0 saturated carbocycles. The summed E-state index contributed by atoms with van der Waals surface area (Å²) in [6.45, 7) is 4.97. The second-order valence-electron chi connectivity index (χ2n) is 21.7. The Labute approximate surface area is 431 Å². The summed E-state index contributed by atoms with van der Waals surface area (Å²) < 4.78 is 5.49. The molecule has 0 radical (unpaired) electrons. The van der Waals surface area contributed by atoms with Crippen molar-refractivity contribution in [3.8, 4) is 0 Å². The van der Waals surface area contributed by atoms with E-state index in [0.29, 0.717) is 25.9 Å². The van der Waals surface area contributed by atoms with Gasteiger partial charge >= 0.3 is 5.97 Å².